The van der Waals surface area contributed by atoms with Crippen molar-refractivity contribution in [2.75, 3.05) is 13.7 Å². The molecule has 0 aromatic carbocycles. The number of nitrogens with zero attached hydrogens (tertiary/aromatic N) is 2. The molecule has 1 unspecified atom stereocenters. The molecular formula is C10H17N3O2. The summed E-state index contributed by atoms with van der Waals surface area (Å²) in [5.74, 6) is 1.77. The van der Waals surface area contributed by atoms with Crippen molar-refractivity contribution in [3.05, 3.63) is 11.7 Å². The van der Waals surface area contributed by atoms with Gasteiger partial charge in [-0.05, 0) is 12.8 Å². The third-order valence-electron chi connectivity index (χ3n) is 2.84. The Morgan fingerprint density at radius 3 is 2.93 bits per heavy atom. The summed E-state index contributed by atoms with van der Waals surface area (Å²) >= 11 is 0. The van der Waals surface area contributed by atoms with Gasteiger partial charge in [0.15, 0.2) is 5.82 Å². The van der Waals surface area contributed by atoms with Crippen molar-refractivity contribution < 1.29 is 9.26 Å². The molecule has 5 nitrogen and oxygen atoms in total. The average Bonchev–Trinajstić information content (AvgIpc) is 2.89. The average molecular weight is 211 g/mol. The summed E-state index contributed by atoms with van der Waals surface area (Å²) in [6.07, 6.45) is 4.86. The second-order valence-electron chi connectivity index (χ2n) is 4.03. The molecule has 2 N–H and O–H groups in total. The van der Waals surface area contributed by atoms with Gasteiger partial charge in [-0.25, -0.2) is 0 Å². The first kappa shape index (κ1) is 10.6. The first-order valence-electron chi connectivity index (χ1n) is 5.39. The van der Waals surface area contributed by atoms with Gasteiger partial charge in [0.1, 0.15) is 6.04 Å². The Morgan fingerprint density at radius 1 is 1.53 bits per heavy atom. The van der Waals surface area contributed by atoms with E-state index in [2.05, 4.69) is 10.1 Å². The van der Waals surface area contributed by atoms with Gasteiger partial charge in [-0.1, -0.05) is 18.0 Å². The highest BCUT2D eigenvalue weighted by atomic mass is 16.5. The summed E-state index contributed by atoms with van der Waals surface area (Å²) in [6, 6.07) is -0.308. The van der Waals surface area contributed by atoms with Gasteiger partial charge in [0.25, 0.3) is 0 Å². The second kappa shape index (κ2) is 4.72. The molecule has 1 aromatic heterocycles. The van der Waals surface area contributed by atoms with Crippen LogP contribution >= 0.6 is 0 Å². The normalized spacial score (nSPS) is 19.6. The SMILES string of the molecule is COCC(N)c1nc(C2CCCC2)no1. The van der Waals surface area contributed by atoms with Crippen molar-refractivity contribution in [1.82, 2.24) is 10.1 Å². The van der Waals surface area contributed by atoms with Crippen LogP contribution in [0.25, 0.3) is 0 Å². The van der Waals surface area contributed by atoms with E-state index in [1.807, 2.05) is 0 Å². The summed E-state index contributed by atoms with van der Waals surface area (Å²) in [7, 11) is 1.61. The standard InChI is InChI=1S/C10H17N3O2/c1-14-6-8(11)10-12-9(13-15-10)7-4-2-3-5-7/h7-8H,2-6,11H2,1H3. The molecular weight excluding hydrogens is 194 g/mol. The van der Waals surface area contributed by atoms with Crippen LogP contribution in [-0.2, 0) is 4.74 Å². The number of aromatic nitrogens is 2. The lowest BCUT2D eigenvalue weighted by molar-refractivity contribution is 0.166. The van der Waals surface area contributed by atoms with Gasteiger partial charge in [-0.3, -0.25) is 0 Å². The third kappa shape index (κ3) is 2.35. The van der Waals surface area contributed by atoms with Crippen molar-refractivity contribution in [1.29, 1.82) is 0 Å². The lowest BCUT2D eigenvalue weighted by Crippen LogP contribution is -2.16. The van der Waals surface area contributed by atoms with Crippen molar-refractivity contribution >= 4 is 0 Å². The number of hydrogen-bond acceptors (Lipinski definition) is 5. The predicted octanol–water partition coefficient (Wildman–Crippen LogP) is 1.37. The number of ether oxygens (including phenoxy) is 1. The molecule has 1 aliphatic rings. The Morgan fingerprint density at radius 2 is 2.27 bits per heavy atom. The molecule has 1 atom stereocenters. The molecule has 84 valence electrons. The molecule has 1 heterocycles. The largest absolute Gasteiger partial charge is 0.383 e. The molecule has 2 rings (SSSR count). The van der Waals surface area contributed by atoms with E-state index < -0.39 is 0 Å². The van der Waals surface area contributed by atoms with Crippen LogP contribution in [0.3, 0.4) is 0 Å². The van der Waals surface area contributed by atoms with Crippen molar-refractivity contribution in [3.8, 4) is 0 Å². The highest BCUT2D eigenvalue weighted by molar-refractivity contribution is 4.99. The molecule has 0 bridgehead atoms. The van der Waals surface area contributed by atoms with E-state index in [1.54, 1.807) is 7.11 Å². The molecule has 1 fully saturated rings. The van der Waals surface area contributed by atoms with Crippen LogP contribution in [-0.4, -0.2) is 23.9 Å². The van der Waals surface area contributed by atoms with E-state index in [-0.39, 0.29) is 6.04 Å². The van der Waals surface area contributed by atoms with Crippen LogP contribution in [0.1, 0.15) is 49.4 Å². The molecule has 5 heteroatoms. The van der Waals surface area contributed by atoms with Gasteiger partial charge in [0, 0.05) is 13.0 Å². The van der Waals surface area contributed by atoms with E-state index in [1.165, 1.54) is 25.7 Å². The lowest BCUT2D eigenvalue weighted by atomic mass is 10.1. The monoisotopic (exact) mass is 211 g/mol. The van der Waals surface area contributed by atoms with Gasteiger partial charge in [0.2, 0.25) is 5.89 Å². The second-order valence-corrected chi connectivity index (χ2v) is 4.03. The van der Waals surface area contributed by atoms with Crippen molar-refractivity contribution in [2.45, 2.75) is 37.6 Å². The molecule has 15 heavy (non-hydrogen) atoms. The van der Waals surface area contributed by atoms with Crippen LogP contribution in [0.2, 0.25) is 0 Å². The first-order valence-corrected chi connectivity index (χ1v) is 5.39. The number of nitrogens with two attached hydrogens (primary N) is 1. The van der Waals surface area contributed by atoms with Gasteiger partial charge >= 0.3 is 0 Å². The maximum absolute atomic E-state index is 5.80. The molecule has 1 aliphatic carbocycles. The minimum atomic E-state index is -0.308. The molecule has 1 saturated carbocycles. The zero-order chi connectivity index (χ0) is 10.7. The van der Waals surface area contributed by atoms with Gasteiger partial charge in [0.05, 0.1) is 6.61 Å². The van der Waals surface area contributed by atoms with E-state index in [0.717, 1.165) is 5.82 Å². The lowest BCUT2D eigenvalue weighted by Gasteiger charge is -2.03. The Labute approximate surface area is 89.0 Å². The highest BCUT2D eigenvalue weighted by Crippen LogP contribution is 2.32. The molecule has 0 aliphatic heterocycles. The van der Waals surface area contributed by atoms with Crippen LogP contribution in [0.5, 0.6) is 0 Å². The molecule has 0 amide bonds. The fourth-order valence-corrected chi connectivity index (χ4v) is 2.00. The summed E-state index contributed by atoms with van der Waals surface area (Å²) in [6.45, 7) is 0.409. The van der Waals surface area contributed by atoms with Gasteiger partial charge < -0.3 is 15.0 Å². The molecule has 0 saturated heterocycles. The topological polar surface area (TPSA) is 74.2 Å². The molecule has 0 spiro atoms. The van der Waals surface area contributed by atoms with Crippen LogP contribution in [0.4, 0.5) is 0 Å². The fourth-order valence-electron chi connectivity index (χ4n) is 2.00. The van der Waals surface area contributed by atoms with Crippen LogP contribution in [0, 0.1) is 0 Å². The zero-order valence-corrected chi connectivity index (χ0v) is 8.98. The summed E-state index contributed by atoms with van der Waals surface area (Å²) in [5.41, 5.74) is 5.80. The Bertz CT molecular complexity index is 307. The fraction of sp³-hybridized carbons (Fsp3) is 0.800. The van der Waals surface area contributed by atoms with Crippen LogP contribution in [0.15, 0.2) is 4.52 Å². The quantitative estimate of drug-likeness (QED) is 0.814. The highest BCUT2D eigenvalue weighted by Gasteiger charge is 2.23. The predicted molar refractivity (Wildman–Crippen MR) is 54.3 cm³/mol. The molecule has 0 radical (unpaired) electrons. The minimum Gasteiger partial charge on any atom is -0.383 e. The Hall–Kier alpha value is -0.940. The summed E-state index contributed by atoms with van der Waals surface area (Å²) in [4.78, 5) is 4.33. The van der Waals surface area contributed by atoms with Crippen molar-refractivity contribution in [2.24, 2.45) is 5.73 Å². The van der Waals surface area contributed by atoms with E-state index in [9.17, 15) is 0 Å². The Kier molecular flexibility index (Phi) is 3.33. The first-order chi connectivity index (χ1) is 7.31. The van der Waals surface area contributed by atoms with E-state index in [0.29, 0.717) is 18.4 Å². The number of methoxy groups -OCH3 is 1. The molecule has 1 aromatic rings. The maximum Gasteiger partial charge on any atom is 0.245 e. The Balaban J connectivity index is 2.02. The van der Waals surface area contributed by atoms with Gasteiger partial charge in [-0.2, -0.15) is 4.98 Å². The smallest absolute Gasteiger partial charge is 0.245 e. The third-order valence-corrected chi connectivity index (χ3v) is 2.84. The zero-order valence-electron chi connectivity index (χ0n) is 8.98. The number of hydrogen-bond donors (Lipinski definition) is 1. The van der Waals surface area contributed by atoms with Gasteiger partial charge in [-0.15, -0.1) is 0 Å². The van der Waals surface area contributed by atoms with Crippen LogP contribution < -0.4 is 5.73 Å². The minimum absolute atomic E-state index is 0.308. The van der Waals surface area contributed by atoms with E-state index >= 15 is 0 Å². The summed E-state index contributed by atoms with van der Waals surface area (Å²) < 4.78 is 10.1. The number of rotatable bonds is 4. The maximum atomic E-state index is 5.80. The van der Waals surface area contributed by atoms with Crippen molar-refractivity contribution in [3.63, 3.8) is 0 Å². The summed E-state index contributed by atoms with van der Waals surface area (Å²) in [5, 5.41) is 3.98. The van der Waals surface area contributed by atoms with E-state index in [4.69, 9.17) is 15.0 Å².